The Morgan fingerprint density at radius 3 is 2.53 bits per heavy atom. The topological polar surface area (TPSA) is 94.8 Å². The number of carbonyl (C=O) groups is 1. The van der Waals surface area contributed by atoms with Crippen molar-refractivity contribution in [1.82, 2.24) is 14.8 Å². The molecule has 0 aliphatic heterocycles. The number of anilines is 1. The van der Waals surface area contributed by atoms with Crippen LogP contribution in [0.5, 0.6) is 0 Å². The number of aromatic amines is 1. The van der Waals surface area contributed by atoms with Crippen molar-refractivity contribution in [3.63, 3.8) is 0 Å². The number of aromatic nitrogens is 3. The van der Waals surface area contributed by atoms with Crippen molar-refractivity contribution in [3.8, 4) is 6.07 Å². The molecule has 0 radical (unpaired) electrons. The molecule has 154 valence electrons. The summed E-state index contributed by atoms with van der Waals surface area (Å²) in [5, 5.41) is 15.6. The molecule has 30 heavy (non-hydrogen) atoms. The highest BCUT2D eigenvalue weighted by atomic mass is 32.2. The second-order valence-electron chi connectivity index (χ2n) is 6.69. The van der Waals surface area contributed by atoms with Crippen LogP contribution in [0.25, 0.3) is 0 Å². The van der Waals surface area contributed by atoms with Crippen LogP contribution < -0.4 is 10.6 Å². The van der Waals surface area contributed by atoms with Gasteiger partial charge < -0.3 is 4.90 Å². The maximum atomic E-state index is 13.1. The number of aryl methyl sites for hydroxylation is 1. The van der Waals surface area contributed by atoms with Gasteiger partial charge in [0.05, 0.1) is 17.7 Å². The number of carbonyl (C=O) groups excluding carboxylic acids is 1. The number of amides is 1. The number of hydrogen-bond donors (Lipinski definition) is 1. The summed E-state index contributed by atoms with van der Waals surface area (Å²) in [5.74, 6) is -0.133. The van der Waals surface area contributed by atoms with Crippen LogP contribution in [-0.4, -0.2) is 32.5 Å². The van der Waals surface area contributed by atoms with E-state index in [1.807, 2.05) is 60.7 Å². The predicted molar refractivity (Wildman–Crippen MR) is 117 cm³/mol. The summed E-state index contributed by atoms with van der Waals surface area (Å²) in [6.45, 7) is 2.57. The number of rotatable bonds is 9. The zero-order valence-electron chi connectivity index (χ0n) is 16.7. The number of nitrogens with zero attached hydrogens (tertiary/aromatic N) is 4. The van der Waals surface area contributed by atoms with Crippen molar-refractivity contribution in [2.75, 3.05) is 11.4 Å². The van der Waals surface area contributed by atoms with Crippen LogP contribution in [-0.2, 0) is 17.8 Å². The second kappa shape index (κ2) is 10.5. The quantitative estimate of drug-likeness (QED) is 0.535. The lowest BCUT2D eigenvalue weighted by molar-refractivity contribution is -0.117. The van der Waals surface area contributed by atoms with Crippen LogP contribution in [0.1, 0.15) is 18.9 Å². The Bertz CT molecular complexity index is 1060. The van der Waals surface area contributed by atoms with Gasteiger partial charge in [-0.1, -0.05) is 60.3 Å². The average molecular weight is 422 g/mol. The van der Waals surface area contributed by atoms with Crippen molar-refractivity contribution in [1.29, 1.82) is 5.26 Å². The molecule has 1 aromatic heterocycles. The minimum Gasteiger partial charge on any atom is -0.310 e. The standard InChI is InChI=1S/C22H23N5O2S/c1-17(20(28)26(15-8-14-23)19-11-6-3-7-12-19)30-22-25-24-21(29)27(22)16-13-18-9-4-2-5-10-18/h2-7,9-12,17H,8,13,15-16H2,1H3,(H,24,29). The van der Waals surface area contributed by atoms with E-state index in [2.05, 4.69) is 16.3 Å². The molecule has 0 saturated heterocycles. The number of para-hydroxylation sites is 1. The van der Waals surface area contributed by atoms with Gasteiger partial charge in [-0.05, 0) is 31.0 Å². The van der Waals surface area contributed by atoms with Crippen LogP contribution in [0.4, 0.5) is 5.69 Å². The van der Waals surface area contributed by atoms with Gasteiger partial charge in [0.1, 0.15) is 0 Å². The largest absolute Gasteiger partial charge is 0.343 e. The zero-order chi connectivity index (χ0) is 21.3. The Morgan fingerprint density at radius 1 is 1.20 bits per heavy atom. The number of hydrogen-bond acceptors (Lipinski definition) is 5. The number of benzene rings is 2. The van der Waals surface area contributed by atoms with E-state index in [9.17, 15) is 9.59 Å². The van der Waals surface area contributed by atoms with Crippen molar-refractivity contribution < 1.29 is 4.79 Å². The van der Waals surface area contributed by atoms with Gasteiger partial charge in [-0.3, -0.25) is 9.36 Å². The lowest BCUT2D eigenvalue weighted by atomic mass is 10.1. The lowest BCUT2D eigenvalue weighted by Gasteiger charge is -2.24. The minimum absolute atomic E-state index is 0.133. The van der Waals surface area contributed by atoms with Gasteiger partial charge in [0.25, 0.3) is 0 Å². The molecule has 2 aromatic carbocycles. The van der Waals surface area contributed by atoms with E-state index in [4.69, 9.17) is 5.26 Å². The predicted octanol–water partition coefficient (Wildman–Crippen LogP) is 3.24. The molecule has 3 rings (SSSR count). The monoisotopic (exact) mass is 421 g/mol. The average Bonchev–Trinajstić information content (AvgIpc) is 3.12. The summed E-state index contributed by atoms with van der Waals surface area (Å²) in [6, 6.07) is 21.3. The number of H-pyrrole nitrogens is 1. The normalized spacial score (nSPS) is 11.6. The van der Waals surface area contributed by atoms with Crippen LogP contribution in [0, 0.1) is 11.3 Å². The van der Waals surface area contributed by atoms with Crippen molar-refractivity contribution in [3.05, 3.63) is 76.7 Å². The van der Waals surface area contributed by atoms with E-state index < -0.39 is 5.25 Å². The van der Waals surface area contributed by atoms with Crippen LogP contribution in [0.15, 0.2) is 70.6 Å². The third kappa shape index (κ3) is 5.39. The molecule has 0 aliphatic rings. The Hall–Kier alpha value is -3.31. The molecule has 1 amide bonds. The minimum atomic E-state index is -0.477. The van der Waals surface area contributed by atoms with Crippen LogP contribution >= 0.6 is 11.8 Å². The van der Waals surface area contributed by atoms with Crippen molar-refractivity contribution in [2.24, 2.45) is 0 Å². The van der Waals surface area contributed by atoms with Gasteiger partial charge in [-0.15, -0.1) is 5.10 Å². The Morgan fingerprint density at radius 2 is 1.87 bits per heavy atom. The first-order chi connectivity index (χ1) is 14.6. The number of nitriles is 1. The molecule has 0 fully saturated rings. The zero-order valence-corrected chi connectivity index (χ0v) is 17.5. The van der Waals surface area contributed by atoms with Gasteiger partial charge in [0, 0.05) is 18.8 Å². The van der Waals surface area contributed by atoms with Crippen LogP contribution in [0.3, 0.4) is 0 Å². The van der Waals surface area contributed by atoms with E-state index >= 15 is 0 Å². The second-order valence-corrected chi connectivity index (χ2v) is 8.00. The summed E-state index contributed by atoms with van der Waals surface area (Å²) in [7, 11) is 0. The van der Waals surface area contributed by atoms with Gasteiger partial charge in [-0.25, -0.2) is 9.89 Å². The fourth-order valence-electron chi connectivity index (χ4n) is 3.04. The highest BCUT2D eigenvalue weighted by molar-refractivity contribution is 8.00. The third-order valence-electron chi connectivity index (χ3n) is 4.60. The number of nitrogens with one attached hydrogen (secondary N) is 1. The summed E-state index contributed by atoms with van der Waals surface area (Å²) in [5.41, 5.74) is 1.57. The van der Waals surface area contributed by atoms with Crippen LogP contribution in [0.2, 0.25) is 0 Å². The first kappa shape index (κ1) is 21.4. The highest BCUT2D eigenvalue weighted by Crippen LogP contribution is 2.24. The fourth-order valence-corrected chi connectivity index (χ4v) is 3.98. The van der Waals surface area contributed by atoms with Gasteiger partial charge in [0.15, 0.2) is 5.16 Å². The summed E-state index contributed by atoms with van der Waals surface area (Å²) >= 11 is 1.24. The molecule has 1 unspecified atom stereocenters. The van der Waals surface area contributed by atoms with E-state index in [0.717, 1.165) is 11.3 Å². The first-order valence-electron chi connectivity index (χ1n) is 9.69. The molecular weight excluding hydrogens is 398 g/mol. The molecule has 0 saturated carbocycles. The Labute approximate surface area is 179 Å². The van der Waals surface area contributed by atoms with Gasteiger partial charge in [0.2, 0.25) is 5.91 Å². The molecule has 0 bridgehead atoms. The van der Waals surface area contributed by atoms with E-state index in [0.29, 0.717) is 24.7 Å². The number of thioether (sulfide) groups is 1. The molecule has 0 aliphatic carbocycles. The van der Waals surface area contributed by atoms with Gasteiger partial charge in [-0.2, -0.15) is 5.26 Å². The molecule has 8 heteroatoms. The van der Waals surface area contributed by atoms with E-state index in [-0.39, 0.29) is 18.0 Å². The Kier molecular flexibility index (Phi) is 7.46. The molecule has 1 N–H and O–H groups in total. The molecular formula is C22H23N5O2S. The summed E-state index contributed by atoms with van der Waals surface area (Å²) in [6.07, 6.45) is 0.927. The van der Waals surface area contributed by atoms with Crippen molar-refractivity contribution in [2.45, 2.75) is 36.7 Å². The van der Waals surface area contributed by atoms with E-state index in [1.165, 1.54) is 11.8 Å². The molecule has 7 nitrogen and oxygen atoms in total. The van der Waals surface area contributed by atoms with Crippen molar-refractivity contribution >= 4 is 23.4 Å². The molecule has 0 spiro atoms. The Balaban J connectivity index is 1.73. The third-order valence-corrected chi connectivity index (χ3v) is 5.68. The molecule has 1 heterocycles. The SMILES string of the molecule is CC(Sc1n[nH]c(=O)n1CCc1ccccc1)C(=O)N(CCC#N)c1ccccc1. The maximum Gasteiger partial charge on any atom is 0.343 e. The fraction of sp³-hybridized carbons (Fsp3) is 0.273. The smallest absolute Gasteiger partial charge is 0.310 e. The first-order valence-corrected chi connectivity index (χ1v) is 10.6. The van der Waals surface area contributed by atoms with E-state index in [1.54, 1.807) is 16.4 Å². The lowest BCUT2D eigenvalue weighted by Crippen LogP contribution is -2.37. The maximum absolute atomic E-state index is 13.1. The molecule has 3 aromatic rings. The van der Waals surface area contributed by atoms with Gasteiger partial charge >= 0.3 is 5.69 Å². The summed E-state index contributed by atoms with van der Waals surface area (Å²) in [4.78, 5) is 26.9. The summed E-state index contributed by atoms with van der Waals surface area (Å²) < 4.78 is 1.56. The highest BCUT2D eigenvalue weighted by Gasteiger charge is 2.25. The molecule has 1 atom stereocenters.